The van der Waals surface area contributed by atoms with Gasteiger partial charge in [0.1, 0.15) is 0 Å². The second-order valence-electron chi connectivity index (χ2n) is 3.90. The molecule has 0 unspecified atom stereocenters. The van der Waals surface area contributed by atoms with Crippen molar-refractivity contribution in [1.82, 2.24) is 15.1 Å². The molecule has 1 aliphatic rings. The first kappa shape index (κ1) is 8.75. The summed E-state index contributed by atoms with van der Waals surface area (Å²) in [5, 5.41) is 7.46. The molecule has 0 aliphatic heterocycles. The minimum atomic E-state index is 0.891. The number of nitrogens with zero attached hydrogens (tertiary/aromatic N) is 2. The molecule has 1 aliphatic carbocycles. The third-order valence-electron chi connectivity index (χ3n) is 2.74. The van der Waals surface area contributed by atoms with Crippen molar-refractivity contribution in [2.75, 3.05) is 7.05 Å². The predicted molar refractivity (Wildman–Crippen MR) is 52.3 cm³/mol. The van der Waals surface area contributed by atoms with Crippen LogP contribution < -0.4 is 5.32 Å². The van der Waals surface area contributed by atoms with Crippen molar-refractivity contribution in [2.24, 2.45) is 5.92 Å². The van der Waals surface area contributed by atoms with Gasteiger partial charge in [-0.05, 0) is 25.8 Å². The smallest absolute Gasteiger partial charge is 0.0534 e. The summed E-state index contributed by atoms with van der Waals surface area (Å²) >= 11 is 0. The van der Waals surface area contributed by atoms with Gasteiger partial charge in [-0.25, -0.2) is 0 Å². The Balaban J connectivity index is 1.88. The first-order valence-corrected chi connectivity index (χ1v) is 5.04. The van der Waals surface area contributed by atoms with E-state index in [9.17, 15) is 0 Å². The topological polar surface area (TPSA) is 29.9 Å². The average molecular weight is 179 g/mol. The monoisotopic (exact) mass is 179 g/mol. The van der Waals surface area contributed by atoms with E-state index >= 15 is 0 Å². The molecule has 3 heteroatoms. The molecule has 0 radical (unpaired) electrons. The van der Waals surface area contributed by atoms with Crippen LogP contribution in [-0.4, -0.2) is 16.8 Å². The van der Waals surface area contributed by atoms with E-state index < -0.39 is 0 Å². The summed E-state index contributed by atoms with van der Waals surface area (Å²) in [6.45, 7) is 2.04. The highest BCUT2D eigenvalue weighted by Gasteiger charge is 2.17. The molecule has 0 amide bonds. The molecule has 0 spiro atoms. The zero-order valence-electron chi connectivity index (χ0n) is 8.16. The third-order valence-corrected chi connectivity index (χ3v) is 2.74. The van der Waals surface area contributed by atoms with Crippen LogP contribution in [0.15, 0.2) is 12.4 Å². The highest BCUT2D eigenvalue weighted by Crippen LogP contribution is 2.27. The Morgan fingerprint density at radius 3 is 3.08 bits per heavy atom. The molecule has 0 saturated heterocycles. The predicted octanol–water partition coefficient (Wildman–Crippen LogP) is 1.40. The summed E-state index contributed by atoms with van der Waals surface area (Å²) in [5.41, 5.74) is 1.28. The average Bonchev–Trinajstić information content (AvgIpc) is 2.46. The molecule has 13 heavy (non-hydrogen) atoms. The summed E-state index contributed by atoms with van der Waals surface area (Å²) in [4.78, 5) is 0. The lowest BCUT2D eigenvalue weighted by Crippen LogP contribution is -2.18. The van der Waals surface area contributed by atoms with Crippen molar-refractivity contribution in [2.45, 2.75) is 32.4 Å². The van der Waals surface area contributed by atoms with Crippen LogP contribution in [0.4, 0.5) is 0 Å². The lowest BCUT2D eigenvalue weighted by Gasteiger charge is -2.24. The second-order valence-corrected chi connectivity index (χ2v) is 3.90. The summed E-state index contributed by atoms with van der Waals surface area (Å²) in [6.07, 6.45) is 8.29. The molecule has 1 aromatic rings. The number of nitrogens with one attached hydrogen (secondary N) is 1. The zero-order chi connectivity index (χ0) is 9.10. The Labute approximate surface area is 79.1 Å². The quantitative estimate of drug-likeness (QED) is 0.757. The zero-order valence-corrected chi connectivity index (χ0v) is 8.16. The van der Waals surface area contributed by atoms with Crippen LogP contribution >= 0.6 is 0 Å². The van der Waals surface area contributed by atoms with Gasteiger partial charge in [0.05, 0.1) is 6.20 Å². The molecule has 3 nitrogen and oxygen atoms in total. The van der Waals surface area contributed by atoms with E-state index in [-0.39, 0.29) is 0 Å². The van der Waals surface area contributed by atoms with Crippen molar-refractivity contribution in [3.05, 3.63) is 18.0 Å². The molecule has 0 aromatic carbocycles. The molecule has 1 heterocycles. The maximum absolute atomic E-state index is 4.33. The molecule has 1 fully saturated rings. The van der Waals surface area contributed by atoms with Crippen molar-refractivity contribution in [3.8, 4) is 0 Å². The number of hydrogen-bond acceptors (Lipinski definition) is 2. The van der Waals surface area contributed by atoms with E-state index in [1.54, 1.807) is 0 Å². The van der Waals surface area contributed by atoms with Crippen LogP contribution in [0.1, 0.15) is 24.8 Å². The molecule has 0 bridgehead atoms. The van der Waals surface area contributed by atoms with Gasteiger partial charge >= 0.3 is 0 Å². The maximum Gasteiger partial charge on any atom is 0.0534 e. The van der Waals surface area contributed by atoms with Crippen molar-refractivity contribution < 1.29 is 0 Å². The fourth-order valence-corrected chi connectivity index (χ4v) is 1.74. The number of rotatable bonds is 4. The van der Waals surface area contributed by atoms with Crippen LogP contribution in [0.2, 0.25) is 0 Å². The molecule has 1 N–H and O–H groups in total. The van der Waals surface area contributed by atoms with Gasteiger partial charge in [-0.2, -0.15) is 5.10 Å². The van der Waals surface area contributed by atoms with E-state index in [1.165, 1.54) is 24.8 Å². The fourth-order valence-electron chi connectivity index (χ4n) is 1.74. The Morgan fingerprint density at radius 1 is 1.62 bits per heavy atom. The molecule has 1 saturated carbocycles. The van der Waals surface area contributed by atoms with Gasteiger partial charge in [0.25, 0.3) is 0 Å². The lowest BCUT2D eigenvalue weighted by atomic mass is 9.85. The van der Waals surface area contributed by atoms with E-state index in [2.05, 4.69) is 21.3 Å². The molecule has 2 rings (SSSR count). The van der Waals surface area contributed by atoms with Gasteiger partial charge < -0.3 is 5.32 Å². The Bertz CT molecular complexity index is 263. The number of hydrogen-bond donors (Lipinski definition) is 1. The van der Waals surface area contributed by atoms with Crippen LogP contribution in [-0.2, 0) is 13.1 Å². The van der Waals surface area contributed by atoms with E-state index in [4.69, 9.17) is 0 Å². The minimum Gasteiger partial charge on any atom is -0.316 e. The Hall–Kier alpha value is -0.830. The normalized spacial score (nSPS) is 17.3. The first-order chi connectivity index (χ1) is 6.38. The number of aromatic nitrogens is 2. The fraction of sp³-hybridized carbons (Fsp3) is 0.700. The van der Waals surface area contributed by atoms with Gasteiger partial charge in [0.15, 0.2) is 0 Å². The van der Waals surface area contributed by atoms with Crippen LogP contribution in [0.25, 0.3) is 0 Å². The largest absolute Gasteiger partial charge is 0.316 e. The van der Waals surface area contributed by atoms with Crippen LogP contribution in [0.3, 0.4) is 0 Å². The van der Waals surface area contributed by atoms with E-state index in [1.807, 2.05) is 13.2 Å². The Kier molecular flexibility index (Phi) is 2.64. The molecule has 1 aromatic heterocycles. The van der Waals surface area contributed by atoms with Gasteiger partial charge in [-0.1, -0.05) is 6.42 Å². The van der Waals surface area contributed by atoms with Crippen LogP contribution in [0, 0.1) is 5.92 Å². The highest BCUT2D eigenvalue weighted by molar-refractivity contribution is 5.03. The lowest BCUT2D eigenvalue weighted by molar-refractivity contribution is 0.266. The summed E-state index contributed by atoms with van der Waals surface area (Å²) in [7, 11) is 1.96. The van der Waals surface area contributed by atoms with Crippen molar-refractivity contribution in [1.29, 1.82) is 0 Å². The highest BCUT2D eigenvalue weighted by atomic mass is 15.3. The van der Waals surface area contributed by atoms with Crippen molar-refractivity contribution >= 4 is 0 Å². The molecular formula is C10H17N3. The SMILES string of the molecule is CNCc1cnn(CC2CCC2)c1. The minimum absolute atomic E-state index is 0.891. The van der Waals surface area contributed by atoms with Gasteiger partial charge in [0.2, 0.25) is 0 Å². The van der Waals surface area contributed by atoms with Gasteiger partial charge in [-0.3, -0.25) is 4.68 Å². The second kappa shape index (κ2) is 3.92. The van der Waals surface area contributed by atoms with Gasteiger partial charge in [-0.15, -0.1) is 0 Å². The standard InChI is InChI=1S/C10H17N3/c1-11-5-10-6-12-13(8-10)7-9-3-2-4-9/h6,8-9,11H,2-5,7H2,1H3. The van der Waals surface area contributed by atoms with Crippen molar-refractivity contribution in [3.63, 3.8) is 0 Å². The molecule has 72 valence electrons. The third kappa shape index (κ3) is 2.10. The van der Waals surface area contributed by atoms with E-state index in [0.717, 1.165) is 19.0 Å². The summed E-state index contributed by atoms with van der Waals surface area (Å²) < 4.78 is 2.08. The summed E-state index contributed by atoms with van der Waals surface area (Å²) in [5.74, 6) is 0.891. The first-order valence-electron chi connectivity index (χ1n) is 5.04. The molecule has 0 atom stereocenters. The van der Waals surface area contributed by atoms with E-state index in [0.29, 0.717) is 0 Å². The van der Waals surface area contributed by atoms with Crippen LogP contribution in [0.5, 0.6) is 0 Å². The molecular weight excluding hydrogens is 162 g/mol. The van der Waals surface area contributed by atoms with Gasteiger partial charge in [0, 0.05) is 24.8 Å². The maximum atomic E-state index is 4.33. The Morgan fingerprint density at radius 2 is 2.46 bits per heavy atom. The summed E-state index contributed by atoms with van der Waals surface area (Å²) in [6, 6.07) is 0.